The van der Waals surface area contributed by atoms with Gasteiger partial charge in [0, 0.05) is 7.05 Å². The van der Waals surface area contributed by atoms with Gasteiger partial charge in [0.2, 0.25) is 0 Å². The molecule has 0 heterocycles. The summed E-state index contributed by atoms with van der Waals surface area (Å²) in [5, 5.41) is 0. The van der Waals surface area contributed by atoms with Gasteiger partial charge < -0.3 is 14.4 Å². The number of likely N-dealkylation sites (N-methyl/N-ethyl adjacent to an activating group) is 1. The van der Waals surface area contributed by atoms with Gasteiger partial charge in [0.05, 0.1) is 13.2 Å². The zero-order chi connectivity index (χ0) is 18.2. The van der Waals surface area contributed by atoms with Gasteiger partial charge in [-0.05, 0) is 37.1 Å². The molecule has 0 aliphatic carbocycles. The second kappa shape index (κ2) is 8.92. The Labute approximate surface area is 149 Å². The molecule has 132 valence electrons. The van der Waals surface area contributed by atoms with Crippen molar-refractivity contribution in [1.29, 1.82) is 0 Å². The lowest BCUT2D eigenvalue weighted by Gasteiger charge is -2.25. The third-order valence-corrected chi connectivity index (χ3v) is 4.15. The van der Waals surface area contributed by atoms with Crippen LogP contribution in [0.4, 0.5) is 0 Å². The van der Waals surface area contributed by atoms with Gasteiger partial charge in [-0.2, -0.15) is 0 Å². The number of ether oxygens (including phenoxy) is 2. The second-order valence-corrected chi connectivity index (χ2v) is 5.79. The number of benzene rings is 2. The molecular formula is C21H25NO3. The molecule has 25 heavy (non-hydrogen) atoms. The Balaban J connectivity index is 2.01. The van der Waals surface area contributed by atoms with Crippen molar-refractivity contribution in [1.82, 2.24) is 4.90 Å². The molecule has 4 nitrogen and oxygen atoms in total. The summed E-state index contributed by atoms with van der Waals surface area (Å²) < 4.78 is 11.0. The summed E-state index contributed by atoms with van der Waals surface area (Å²) in [6, 6.07) is 15.5. The molecule has 0 aliphatic rings. The molecule has 2 aromatic rings. The number of allylic oxidation sites excluding steroid dienone is 1. The average Bonchev–Trinajstić information content (AvgIpc) is 2.66. The van der Waals surface area contributed by atoms with Crippen LogP contribution in [0.3, 0.4) is 0 Å². The van der Waals surface area contributed by atoms with Gasteiger partial charge in [0.15, 0.2) is 18.1 Å². The summed E-state index contributed by atoms with van der Waals surface area (Å²) in [5.74, 6) is 1.09. The molecule has 1 atom stereocenters. The summed E-state index contributed by atoms with van der Waals surface area (Å²) in [7, 11) is 3.38. The predicted octanol–water partition coefficient (Wildman–Crippen LogP) is 4.33. The maximum atomic E-state index is 12.4. The Kier molecular flexibility index (Phi) is 6.63. The van der Waals surface area contributed by atoms with Crippen LogP contribution in [0.25, 0.3) is 6.08 Å². The van der Waals surface area contributed by atoms with Crippen LogP contribution in [-0.4, -0.2) is 31.6 Å². The van der Waals surface area contributed by atoms with E-state index in [9.17, 15) is 4.79 Å². The Morgan fingerprint density at radius 2 is 1.88 bits per heavy atom. The fraction of sp³-hybridized carbons (Fsp3) is 0.286. The van der Waals surface area contributed by atoms with Gasteiger partial charge in [-0.15, -0.1) is 0 Å². The molecule has 0 saturated heterocycles. The van der Waals surface area contributed by atoms with E-state index in [-0.39, 0.29) is 18.6 Å². The molecule has 0 spiro atoms. The van der Waals surface area contributed by atoms with Crippen LogP contribution >= 0.6 is 0 Å². The number of hydrogen-bond acceptors (Lipinski definition) is 3. The molecule has 0 radical (unpaired) electrons. The van der Waals surface area contributed by atoms with Crippen molar-refractivity contribution >= 4 is 12.0 Å². The van der Waals surface area contributed by atoms with E-state index in [2.05, 4.69) is 0 Å². The molecule has 2 aromatic carbocycles. The molecule has 0 fully saturated rings. The van der Waals surface area contributed by atoms with Crippen molar-refractivity contribution in [3.05, 3.63) is 65.7 Å². The van der Waals surface area contributed by atoms with Crippen LogP contribution in [0, 0.1) is 0 Å². The minimum atomic E-state index is -0.0871. The Morgan fingerprint density at radius 1 is 1.16 bits per heavy atom. The zero-order valence-corrected chi connectivity index (χ0v) is 15.2. The minimum absolute atomic E-state index is 0.0173. The van der Waals surface area contributed by atoms with E-state index in [0.29, 0.717) is 11.5 Å². The molecular weight excluding hydrogens is 314 g/mol. The van der Waals surface area contributed by atoms with Crippen LogP contribution in [0.2, 0.25) is 0 Å². The number of methoxy groups -OCH3 is 1. The Bertz CT molecular complexity index is 725. The third kappa shape index (κ3) is 4.86. The second-order valence-electron chi connectivity index (χ2n) is 5.79. The van der Waals surface area contributed by atoms with E-state index in [1.807, 2.05) is 74.5 Å². The van der Waals surface area contributed by atoms with E-state index < -0.39 is 0 Å². The lowest BCUT2D eigenvalue weighted by Crippen LogP contribution is -2.33. The smallest absolute Gasteiger partial charge is 0.260 e. The fourth-order valence-corrected chi connectivity index (χ4v) is 2.51. The molecule has 0 aromatic heterocycles. The Morgan fingerprint density at radius 3 is 2.52 bits per heavy atom. The van der Waals surface area contributed by atoms with E-state index in [0.717, 1.165) is 11.1 Å². The molecule has 1 amide bonds. The highest BCUT2D eigenvalue weighted by Crippen LogP contribution is 2.29. The normalized spacial score (nSPS) is 12.0. The number of carbonyl (C=O) groups is 1. The predicted molar refractivity (Wildman–Crippen MR) is 101 cm³/mol. The molecule has 0 N–H and O–H groups in total. The zero-order valence-electron chi connectivity index (χ0n) is 15.2. The largest absolute Gasteiger partial charge is 0.493 e. The molecule has 0 aliphatic heterocycles. The van der Waals surface area contributed by atoms with Crippen LogP contribution < -0.4 is 9.47 Å². The number of nitrogens with zero attached hydrogens (tertiary/aromatic N) is 1. The maximum Gasteiger partial charge on any atom is 0.260 e. The van der Waals surface area contributed by atoms with Gasteiger partial charge >= 0.3 is 0 Å². The standard InChI is InChI=1S/C21H25NO3/c1-5-9-17-12-13-19(20(14-17)24-4)25-15-21(23)22(3)16(2)18-10-7-6-8-11-18/h5-14,16H,15H2,1-4H3/b9-5+. The quantitative estimate of drug-likeness (QED) is 0.754. The van der Waals surface area contributed by atoms with Crippen molar-refractivity contribution in [2.45, 2.75) is 19.9 Å². The van der Waals surface area contributed by atoms with Crippen molar-refractivity contribution in [3.8, 4) is 11.5 Å². The van der Waals surface area contributed by atoms with Crippen molar-refractivity contribution < 1.29 is 14.3 Å². The summed E-state index contributed by atoms with van der Waals surface area (Å²) in [6.45, 7) is 3.92. The fourth-order valence-electron chi connectivity index (χ4n) is 2.51. The van der Waals surface area contributed by atoms with E-state index >= 15 is 0 Å². The topological polar surface area (TPSA) is 38.8 Å². The summed E-state index contributed by atoms with van der Waals surface area (Å²) >= 11 is 0. The first-order valence-electron chi connectivity index (χ1n) is 8.31. The van der Waals surface area contributed by atoms with Crippen molar-refractivity contribution in [2.24, 2.45) is 0 Å². The number of hydrogen-bond donors (Lipinski definition) is 0. The highest BCUT2D eigenvalue weighted by atomic mass is 16.5. The van der Waals surface area contributed by atoms with Gasteiger partial charge in [0.25, 0.3) is 5.91 Å². The highest BCUT2D eigenvalue weighted by molar-refractivity contribution is 5.78. The monoisotopic (exact) mass is 339 g/mol. The molecule has 2 rings (SSSR count). The molecule has 0 saturated carbocycles. The Hall–Kier alpha value is -2.75. The van der Waals surface area contributed by atoms with E-state index in [1.165, 1.54) is 0 Å². The summed E-state index contributed by atoms with van der Waals surface area (Å²) in [6.07, 6.45) is 3.94. The van der Waals surface area contributed by atoms with Crippen molar-refractivity contribution in [2.75, 3.05) is 20.8 Å². The summed E-state index contributed by atoms with van der Waals surface area (Å²) in [4.78, 5) is 14.1. The van der Waals surface area contributed by atoms with Crippen molar-refractivity contribution in [3.63, 3.8) is 0 Å². The van der Waals surface area contributed by atoms with Crippen LogP contribution in [0.1, 0.15) is 31.0 Å². The first-order valence-corrected chi connectivity index (χ1v) is 8.31. The first kappa shape index (κ1) is 18.6. The first-order chi connectivity index (χ1) is 12.1. The lowest BCUT2D eigenvalue weighted by molar-refractivity contribution is -0.134. The van der Waals surface area contributed by atoms with Crippen LogP contribution in [0.5, 0.6) is 11.5 Å². The van der Waals surface area contributed by atoms with Gasteiger partial charge in [-0.3, -0.25) is 4.79 Å². The SMILES string of the molecule is C/C=C/c1ccc(OCC(=O)N(C)C(C)c2ccccc2)c(OC)c1. The van der Waals surface area contributed by atoms with E-state index in [1.54, 1.807) is 19.1 Å². The van der Waals surface area contributed by atoms with Gasteiger partial charge in [-0.1, -0.05) is 48.6 Å². The van der Waals surface area contributed by atoms with E-state index in [4.69, 9.17) is 9.47 Å². The molecule has 0 bridgehead atoms. The minimum Gasteiger partial charge on any atom is -0.493 e. The number of rotatable bonds is 7. The van der Waals surface area contributed by atoms with Crippen LogP contribution in [-0.2, 0) is 4.79 Å². The number of carbonyl (C=O) groups excluding carboxylic acids is 1. The summed E-state index contributed by atoms with van der Waals surface area (Å²) in [5.41, 5.74) is 2.11. The average molecular weight is 339 g/mol. The maximum absolute atomic E-state index is 12.4. The van der Waals surface area contributed by atoms with Gasteiger partial charge in [-0.25, -0.2) is 0 Å². The molecule has 4 heteroatoms. The van der Waals surface area contributed by atoms with Gasteiger partial charge in [0.1, 0.15) is 0 Å². The number of amides is 1. The lowest BCUT2D eigenvalue weighted by atomic mass is 10.1. The highest BCUT2D eigenvalue weighted by Gasteiger charge is 2.18. The third-order valence-electron chi connectivity index (χ3n) is 4.15. The molecule has 1 unspecified atom stereocenters. The van der Waals surface area contributed by atoms with Crippen LogP contribution in [0.15, 0.2) is 54.6 Å².